The average Bonchev–Trinajstić information content (AvgIpc) is 3.45. The van der Waals surface area contributed by atoms with Crippen LogP contribution >= 0.6 is 0 Å². The number of carbonyl (C=O) groups excluding carboxylic acids is 1. The van der Waals surface area contributed by atoms with Crippen LogP contribution in [0.3, 0.4) is 0 Å². The molecule has 0 fully saturated rings. The summed E-state index contributed by atoms with van der Waals surface area (Å²) >= 11 is 0. The molecule has 1 unspecified atom stereocenters. The van der Waals surface area contributed by atoms with Gasteiger partial charge in [-0.2, -0.15) is 0 Å². The third kappa shape index (κ3) is 31.3. The Morgan fingerprint density at radius 2 is 0.821 bits per heavy atom. The third-order valence-corrected chi connectivity index (χ3v) is 14.8. The molecule has 4 aromatic rings. The predicted octanol–water partition coefficient (Wildman–Crippen LogP) is 19.0. The van der Waals surface area contributed by atoms with Crippen LogP contribution in [0.2, 0.25) is 0 Å². The van der Waals surface area contributed by atoms with Crippen molar-refractivity contribution in [2.24, 2.45) is 17.8 Å². The van der Waals surface area contributed by atoms with Gasteiger partial charge in [-0.25, -0.2) is 0 Å². The lowest BCUT2D eigenvalue weighted by Crippen LogP contribution is -2.28. The van der Waals surface area contributed by atoms with E-state index in [4.69, 9.17) is 23.7 Å². The summed E-state index contributed by atoms with van der Waals surface area (Å²) in [6, 6.07) is 33.1. The highest BCUT2D eigenvalue weighted by Crippen LogP contribution is 2.40. The van der Waals surface area contributed by atoms with E-state index in [0.717, 1.165) is 68.6 Å². The van der Waals surface area contributed by atoms with Crippen LogP contribution in [0.4, 0.5) is 0 Å². The Morgan fingerprint density at radius 3 is 1.28 bits per heavy atom. The first kappa shape index (κ1) is 66.0. The summed E-state index contributed by atoms with van der Waals surface area (Å²) in [6.45, 7) is 18.0. The Bertz CT molecular complexity index is 1990. The van der Waals surface area contributed by atoms with E-state index in [9.17, 15) is 4.79 Å². The van der Waals surface area contributed by atoms with E-state index in [1.807, 2.05) is 30.3 Å². The van der Waals surface area contributed by atoms with Gasteiger partial charge in [0, 0.05) is 18.7 Å². The number of carbonyl (C=O) groups is 1. The molecule has 0 saturated heterocycles. The molecule has 4 rings (SSSR count). The summed E-state index contributed by atoms with van der Waals surface area (Å²) in [7, 11) is 0. The highest BCUT2D eigenvalue weighted by Gasteiger charge is 2.20. The lowest BCUT2D eigenvalue weighted by molar-refractivity contribution is 0.0866. The van der Waals surface area contributed by atoms with Gasteiger partial charge in [0.05, 0.1) is 39.1 Å². The maximum atomic E-state index is 13.9. The molecule has 436 valence electrons. The summed E-state index contributed by atoms with van der Waals surface area (Å²) in [5, 5.41) is 6.83. The molecule has 0 saturated carbocycles. The molecule has 0 aliphatic rings. The Hall–Kier alpha value is -4.53. The molecule has 0 aromatic heterocycles. The first-order valence-electron chi connectivity index (χ1n) is 31.7. The molecule has 8 nitrogen and oxygen atoms in total. The Morgan fingerprint density at radius 1 is 0.410 bits per heavy atom. The monoisotopic (exact) mass is 1070 g/mol. The predicted molar refractivity (Wildman–Crippen MR) is 329 cm³/mol. The van der Waals surface area contributed by atoms with Crippen molar-refractivity contribution in [3.63, 3.8) is 0 Å². The average molecular weight is 1080 g/mol. The molecule has 1 atom stereocenters. The molecule has 0 aliphatic carbocycles. The van der Waals surface area contributed by atoms with E-state index >= 15 is 0 Å². The van der Waals surface area contributed by atoms with E-state index < -0.39 is 0 Å². The summed E-state index contributed by atoms with van der Waals surface area (Å²) in [6.07, 6.45) is 33.8. The van der Waals surface area contributed by atoms with Crippen LogP contribution in [0.5, 0.6) is 23.0 Å². The van der Waals surface area contributed by atoms with Crippen molar-refractivity contribution in [3.8, 4) is 23.0 Å². The summed E-state index contributed by atoms with van der Waals surface area (Å²) in [5.41, 5.74) is 4.13. The molecule has 0 spiro atoms. The summed E-state index contributed by atoms with van der Waals surface area (Å²) in [5.74, 6) is 4.84. The Balaban J connectivity index is 1.31. The van der Waals surface area contributed by atoms with Gasteiger partial charge in [-0.15, -0.1) is 0 Å². The number of amides is 1. The van der Waals surface area contributed by atoms with Crippen LogP contribution in [0, 0.1) is 17.8 Å². The highest BCUT2D eigenvalue weighted by molar-refractivity contribution is 5.95. The molecule has 4 aromatic carbocycles. The Labute approximate surface area is 476 Å². The molecule has 0 heterocycles. The van der Waals surface area contributed by atoms with Gasteiger partial charge in [-0.05, 0) is 78.0 Å². The van der Waals surface area contributed by atoms with Gasteiger partial charge in [0.2, 0.25) is 5.75 Å². The van der Waals surface area contributed by atoms with E-state index in [1.165, 1.54) is 152 Å². The van der Waals surface area contributed by atoms with Crippen LogP contribution < -0.4 is 29.6 Å². The number of hydrogen-bond donors (Lipinski definition) is 2. The Kier molecular flexibility index (Phi) is 36.6. The zero-order valence-corrected chi connectivity index (χ0v) is 50.2. The zero-order chi connectivity index (χ0) is 55.5. The quantitative estimate of drug-likeness (QED) is 0.0426. The topological polar surface area (TPSA) is 87.3 Å². The number of hydrogen-bond acceptors (Lipinski definition) is 7. The van der Waals surface area contributed by atoms with Gasteiger partial charge in [-0.1, -0.05) is 268 Å². The van der Waals surface area contributed by atoms with Crippen LogP contribution in [0.15, 0.2) is 97.1 Å². The van der Waals surface area contributed by atoms with Crippen molar-refractivity contribution in [2.75, 3.05) is 46.2 Å². The largest absolute Gasteiger partial charge is 0.491 e. The lowest BCUT2D eigenvalue weighted by Gasteiger charge is -2.20. The highest BCUT2D eigenvalue weighted by atomic mass is 16.5. The summed E-state index contributed by atoms with van der Waals surface area (Å²) in [4.78, 5) is 13.9. The standard InChI is InChI=1S/C70H110N2O6/c1-58(2)37-27-19-13-7-10-16-22-34-49-76-66-55-64(56-67(77-50-35-23-17-11-8-14-20-28-38-59(3)4)69(66)78-51-36-24-18-12-9-15-21-29-39-60(5)6)70(73)71-48-52-74-53-54-75-65-46-44-63(45-47-65)68(62-42-32-26-33-43-62)72-57-61-40-30-25-31-41-61/h25-26,30-33,40-47,55-56,58-60,68,72H,7-24,27-29,34-39,48-54,57H2,1-6H3,(H,71,73). The molecular weight excluding hydrogens is 965 g/mol. The second-order valence-electron chi connectivity index (χ2n) is 23.4. The van der Waals surface area contributed by atoms with E-state index in [2.05, 4.69) is 119 Å². The van der Waals surface area contributed by atoms with Gasteiger partial charge in [0.1, 0.15) is 12.4 Å². The van der Waals surface area contributed by atoms with Gasteiger partial charge in [-0.3, -0.25) is 4.79 Å². The minimum Gasteiger partial charge on any atom is -0.491 e. The fraction of sp³-hybridized carbons (Fsp3) is 0.643. The van der Waals surface area contributed by atoms with E-state index in [-0.39, 0.29) is 11.9 Å². The van der Waals surface area contributed by atoms with Gasteiger partial charge in [0.25, 0.3) is 5.91 Å². The van der Waals surface area contributed by atoms with Crippen molar-refractivity contribution in [3.05, 3.63) is 119 Å². The normalized spacial score (nSPS) is 11.9. The van der Waals surface area contributed by atoms with E-state index in [1.54, 1.807) is 0 Å². The van der Waals surface area contributed by atoms with Crippen molar-refractivity contribution in [1.82, 2.24) is 10.6 Å². The second-order valence-corrected chi connectivity index (χ2v) is 23.4. The van der Waals surface area contributed by atoms with Gasteiger partial charge >= 0.3 is 0 Å². The lowest BCUT2D eigenvalue weighted by atomic mass is 9.98. The number of ether oxygens (including phenoxy) is 5. The maximum Gasteiger partial charge on any atom is 0.251 e. The van der Waals surface area contributed by atoms with Crippen LogP contribution in [0.25, 0.3) is 0 Å². The molecule has 0 bridgehead atoms. The third-order valence-electron chi connectivity index (χ3n) is 14.8. The van der Waals surface area contributed by atoms with Crippen molar-refractivity contribution in [2.45, 2.75) is 227 Å². The van der Waals surface area contributed by atoms with E-state index in [0.29, 0.717) is 69.0 Å². The molecule has 8 heteroatoms. The number of rotatable bonds is 49. The number of unbranched alkanes of at least 4 members (excludes halogenated alkanes) is 21. The second kappa shape index (κ2) is 43.3. The molecule has 2 N–H and O–H groups in total. The first-order chi connectivity index (χ1) is 38.2. The van der Waals surface area contributed by atoms with Crippen LogP contribution in [0.1, 0.15) is 248 Å². The minimum atomic E-state index is -0.186. The fourth-order valence-electron chi connectivity index (χ4n) is 10.1. The number of benzene rings is 4. The van der Waals surface area contributed by atoms with Gasteiger partial charge < -0.3 is 34.3 Å². The van der Waals surface area contributed by atoms with Crippen LogP contribution in [-0.4, -0.2) is 52.1 Å². The minimum absolute atomic E-state index is 0.0459. The fourth-order valence-corrected chi connectivity index (χ4v) is 10.1. The molecule has 1 amide bonds. The zero-order valence-electron chi connectivity index (χ0n) is 50.2. The molecule has 0 aliphatic heterocycles. The molecular formula is C70H110N2O6. The smallest absolute Gasteiger partial charge is 0.251 e. The maximum absolute atomic E-state index is 13.9. The SMILES string of the molecule is CC(C)CCCCCCCCCCOc1cc(C(=O)NCCOCCOc2ccc(C(NCc3ccccc3)c3ccccc3)cc2)cc(OCCCCCCCCCCC(C)C)c1OCCCCCCCCCCC(C)C. The molecule has 78 heavy (non-hydrogen) atoms. The first-order valence-corrected chi connectivity index (χ1v) is 31.7. The number of nitrogens with one attached hydrogen (secondary N) is 2. The summed E-state index contributed by atoms with van der Waals surface area (Å²) < 4.78 is 31.8. The van der Waals surface area contributed by atoms with Gasteiger partial charge in [0.15, 0.2) is 11.5 Å². The van der Waals surface area contributed by atoms with Crippen molar-refractivity contribution >= 4 is 5.91 Å². The van der Waals surface area contributed by atoms with Crippen molar-refractivity contribution < 1.29 is 28.5 Å². The van der Waals surface area contributed by atoms with Crippen molar-refractivity contribution in [1.29, 1.82) is 0 Å². The van der Waals surface area contributed by atoms with Crippen LogP contribution in [-0.2, 0) is 11.3 Å². The molecule has 0 radical (unpaired) electrons.